The lowest BCUT2D eigenvalue weighted by atomic mass is 10.2. The molecule has 0 atom stereocenters. The van der Waals surface area contributed by atoms with Crippen molar-refractivity contribution in [1.29, 1.82) is 0 Å². The number of aryl methyl sites for hydroxylation is 2. The molecule has 1 aromatic rings. The minimum absolute atomic E-state index is 0.838. The van der Waals surface area contributed by atoms with Crippen LogP contribution < -0.4 is 5.32 Å². The molecule has 2 rings (SSSR count). The van der Waals surface area contributed by atoms with Crippen LogP contribution in [0.15, 0.2) is 23.1 Å². The van der Waals surface area contributed by atoms with Gasteiger partial charge in [0.25, 0.3) is 0 Å². The average molecular weight is 221 g/mol. The van der Waals surface area contributed by atoms with Crippen molar-refractivity contribution in [3.05, 3.63) is 29.3 Å². The van der Waals surface area contributed by atoms with Gasteiger partial charge in [-0.15, -0.1) is 11.8 Å². The summed E-state index contributed by atoms with van der Waals surface area (Å²) < 4.78 is 0. The summed E-state index contributed by atoms with van der Waals surface area (Å²) in [6.45, 7) is 5.47. The Kier molecular flexibility index (Phi) is 3.71. The van der Waals surface area contributed by atoms with Crippen LogP contribution in [-0.2, 0) is 0 Å². The van der Waals surface area contributed by atoms with Crippen molar-refractivity contribution in [3.63, 3.8) is 0 Å². The third-order valence-corrected chi connectivity index (χ3v) is 3.55. The average Bonchev–Trinajstić information content (AvgIpc) is 2.94. The molecule has 82 valence electrons. The second-order valence-electron chi connectivity index (χ2n) is 4.40. The second-order valence-corrected chi connectivity index (χ2v) is 5.57. The maximum Gasteiger partial charge on any atom is 0.0106 e. The lowest BCUT2D eigenvalue weighted by Gasteiger charge is -2.05. The molecule has 1 aromatic carbocycles. The van der Waals surface area contributed by atoms with Gasteiger partial charge in [-0.1, -0.05) is 6.07 Å². The molecule has 1 N–H and O–H groups in total. The topological polar surface area (TPSA) is 12.0 Å². The van der Waals surface area contributed by atoms with Crippen LogP contribution in [0.2, 0.25) is 0 Å². The van der Waals surface area contributed by atoms with Gasteiger partial charge in [0.15, 0.2) is 0 Å². The third-order valence-electron chi connectivity index (χ3n) is 2.58. The van der Waals surface area contributed by atoms with Crippen LogP contribution in [0.4, 0.5) is 0 Å². The van der Waals surface area contributed by atoms with Gasteiger partial charge in [0.2, 0.25) is 0 Å². The Morgan fingerprint density at radius 1 is 1.20 bits per heavy atom. The molecule has 2 heteroatoms. The maximum atomic E-state index is 3.54. The van der Waals surface area contributed by atoms with Crippen LogP contribution in [-0.4, -0.2) is 18.3 Å². The predicted molar refractivity (Wildman–Crippen MR) is 67.7 cm³/mol. The summed E-state index contributed by atoms with van der Waals surface area (Å²) in [4.78, 5) is 1.41. The van der Waals surface area contributed by atoms with Crippen LogP contribution in [0.3, 0.4) is 0 Å². The Balaban J connectivity index is 1.76. The minimum Gasteiger partial charge on any atom is -0.313 e. The molecule has 0 aliphatic heterocycles. The fourth-order valence-corrected chi connectivity index (χ4v) is 2.73. The van der Waals surface area contributed by atoms with Crippen molar-refractivity contribution < 1.29 is 0 Å². The van der Waals surface area contributed by atoms with E-state index in [1.165, 1.54) is 34.6 Å². The molecule has 0 amide bonds. The molecule has 1 nitrogen and oxygen atoms in total. The molecule has 0 unspecified atom stereocenters. The highest BCUT2D eigenvalue weighted by Crippen LogP contribution is 2.22. The summed E-state index contributed by atoms with van der Waals surface area (Å²) in [6.07, 6.45) is 2.77. The third kappa shape index (κ3) is 3.88. The predicted octanol–water partition coefficient (Wildman–Crippen LogP) is 3.15. The summed E-state index contributed by atoms with van der Waals surface area (Å²) in [5, 5.41) is 3.54. The van der Waals surface area contributed by atoms with E-state index in [2.05, 4.69) is 37.4 Å². The first-order chi connectivity index (χ1) is 7.24. The summed E-state index contributed by atoms with van der Waals surface area (Å²) in [5.41, 5.74) is 2.74. The molecule has 0 radical (unpaired) electrons. The smallest absolute Gasteiger partial charge is 0.0106 e. The Labute approximate surface area is 96.7 Å². The first-order valence-corrected chi connectivity index (χ1v) is 6.67. The zero-order chi connectivity index (χ0) is 10.7. The summed E-state index contributed by atoms with van der Waals surface area (Å²) in [5.74, 6) is 1.18. The first kappa shape index (κ1) is 11.0. The molecule has 1 aliphatic rings. The molecule has 0 saturated heterocycles. The fourth-order valence-electron chi connectivity index (χ4n) is 1.74. The van der Waals surface area contributed by atoms with Gasteiger partial charge in [-0.25, -0.2) is 0 Å². The van der Waals surface area contributed by atoms with Gasteiger partial charge >= 0.3 is 0 Å². The Hall–Kier alpha value is -0.470. The van der Waals surface area contributed by atoms with Crippen LogP contribution in [0.1, 0.15) is 24.0 Å². The Morgan fingerprint density at radius 2 is 1.87 bits per heavy atom. The summed E-state index contributed by atoms with van der Waals surface area (Å²) in [6, 6.07) is 7.61. The normalized spacial score (nSPS) is 15.6. The monoisotopic (exact) mass is 221 g/mol. The molecule has 1 saturated carbocycles. The van der Waals surface area contributed by atoms with Gasteiger partial charge in [-0.3, -0.25) is 0 Å². The van der Waals surface area contributed by atoms with E-state index in [1.807, 2.05) is 11.8 Å². The Morgan fingerprint density at radius 3 is 2.47 bits per heavy atom. The van der Waals surface area contributed by atoms with Crippen LogP contribution in [0.25, 0.3) is 0 Å². The van der Waals surface area contributed by atoms with Crippen molar-refractivity contribution in [3.8, 4) is 0 Å². The molecule has 0 spiro atoms. The Bertz CT molecular complexity index is 311. The van der Waals surface area contributed by atoms with Gasteiger partial charge in [0, 0.05) is 23.2 Å². The highest BCUT2D eigenvalue weighted by molar-refractivity contribution is 7.99. The quantitative estimate of drug-likeness (QED) is 0.605. The maximum absolute atomic E-state index is 3.54. The van der Waals surface area contributed by atoms with Crippen LogP contribution >= 0.6 is 11.8 Å². The number of nitrogens with one attached hydrogen (secondary N) is 1. The van der Waals surface area contributed by atoms with Crippen LogP contribution in [0.5, 0.6) is 0 Å². The van der Waals surface area contributed by atoms with E-state index in [1.54, 1.807) is 0 Å². The second kappa shape index (κ2) is 5.04. The number of hydrogen-bond acceptors (Lipinski definition) is 2. The van der Waals surface area contributed by atoms with Gasteiger partial charge in [-0.2, -0.15) is 0 Å². The van der Waals surface area contributed by atoms with E-state index in [4.69, 9.17) is 0 Å². The van der Waals surface area contributed by atoms with Crippen molar-refractivity contribution in [2.24, 2.45) is 0 Å². The summed E-state index contributed by atoms with van der Waals surface area (Å²) in [7, 11) is 0. The molecule has 0 aromatic heterocycles. The van der Waals surface area contributed by atoms with Gasteiger partial charge < -0.3 is 5.32 Å². The van der Waals surface area contributed by atoms with Gasteiger partial charge in [-0.05, 0) is 49.9 Å². The standard InChI is InChI=1S/C13H19NS/c1-10-7-11(2)9-13(8-10)15-6-5-14-12-3-4-12/h7-9,12,14H,3-6H2,1-2H3. The van der Waals surface area contributed by atoms with E-state index < -0.39 is 0 Å². The fraction of sp³-hybridized carbons (Fsp3) is 0.538. The molecule has 1 fully saturated rings. The molecule has 0 bridgehead atoms. The van der Waals surface area contributed by atoms with Crippen molar-refractivity contribution in [2.75, 3.05) is 12.3 Å². The lowest BCUT2D eigenvalue weighted by molar-refractivity contribution is 0.726. The van der Waals surface area contributed by atoms with Crippen molar-refractivity contribution >= 4 is 11.8 Å². The van der Waals surface area contributed by atoms with Crippen molar-refractivity contribution in [2.45, 2.75) is 37.6 Å². The number of benzene rings is 1. The minimum atomic E-state index is 0.838. The van der Waals surface area contributed by atoms with Gasteiger partial charge in [0.1, 0.15) is 0 Å². The molecule has 15 heavy (non-hydrogen) atoms. The van der Waals surface area contributed by atoms with E-state index in [0.29, 0.717) is 0 Å². The van der Waals surface area contributed by atoms with E-state index in [-0.39, 0.29) is 0 Å². The first-order valence-electron chi connectivity index (χ1n) is 5.68. The van der Waals surface area contributed by atoms with Crippen molar-refractivity contribution in [1.82, 2.24) is 5.32 Å². The molecular weight excluding hydrogens is 202 g/mol. The molecule has 0 heterocycles. The SMILES string of the molecule is Cc1cc(C)cc(SCCNC2CC2)c1. The highest BCUT2D eigenvalue weighted by atomic mass is 32.2. The number of thioether (sulfide) groups is 1. The number of hydrogen-bond donors (Lipinski definition) is 1. The van der Waals surface area contributed by atoms with E-state index in [0.717, 1.165) is 12.6 Å². The highest BCUT2D eigenvalue weighted by Gasteiger charge is 2.19. The van der Waals surface area contributed by atoms with Crippen LogP contribution in [0, 0.1) is 13.8 Å². The number of rotatable bonds is 5. The molecular formula is C13H19NS. The van der Waals surface area contributed by atoms with Gasteiger partial charge in [0.05, 0.1) is 0 Å². The van der Waals surface area contributed by atoms with E-state index >= 15 is 0 Å². The van der Waals surface area contributed by atoms with E-state index in [9.17, 15) is 0 Å². The zero-order valence-corrected chi connectivity index (χ0v) is 10.4. The zero-order valence-electron chi connectivity index (χ0n) is 9.55. The molecule has 1 aliphatic carbocycles. The lowest BCUT2D eigenvalue weighted by Crippen LogP contribution is -2.19. The largest absolute Gasteiger partial charge is 0.313 e. The summed E-state index contributed by atoms with van der Waals surface area (Å²) >= 11 is 1.96.